The van der Waals surface area contributed by atoms with Gasteiger partial charge in [-0.25, -0.2) is 19.9 Å². The lowest BCUT2D eigenvalue weighted by molar-refractivity contribution is 0.670. The lowest BCUT2D eigenvalue weighted by atomic mass is 9.97. The number of hydrogen-bond donors (Lipinski definition) is 0. The minimum absolute atomic E-state index is 0.601. The van der Waals surface area contributed by atoms with Crippen LogP contribution in [0.1, 0.15) is 0 Å². The molecule has 0 saturated carbocycles. The van der Waals surface area contributed by atoms with Crippen LogP contribution in [-0.4, -0.2) is 19.9 Å². The van der Waals surface area contributed by atoms with Gasteiger partial charge in [-0.05, 0) is 41.0 Å². The van der Waals surface area contributed by atoms with Crippen LogP contribution in [0.5, 0.6) is 0 Å². The molecule has 0 radical (unpaired) electrons. The molecule has 12 aromatic rings. The van der Waals surface area contributed by atoms with Gasteiger partial charge in [-0.2, -0.15) is 0 Å². The van der Waals surface area contributed by atoms with Crippen molar-refractivity contribution in [2.24, 2.45) is 0 Å². The zero-order valence-corrected chi connectivity index (χ0v) is 32.1. The number of pyridine rings is 1. The van der Waals surface area contributed by atoms with Gasteiger partial charge in [0.2, 0.25) is 0 Å². The molecule has 0 aliphatic heterocycles. The summed E-state index contributed by atoms with van der Waals surface area (Å²) in [5.74, 6) is 1.85. The van der Waals surface area contributed by atoms with Crippen LogP contribution in [0.15, 0.2) is 203 Å². The van der Waals surface area contributed by atoms with Crippen molar-refractivity contribution in [3.63, 3.8) is 0 Å². The third kappa shape index (κ3) is 5.65. The second-order valence-corrected chi connectivity index (χ2v) is 15.0. The minimum Gasteiger partial charge on any atom is -0.455 e. The van der Waals surface area contributed by atoms with Gasteiger partial charge in [0, 0.05) is 49.4 Å². The molecule has 0 saturated heterocycles. The van der Waals surface area contributed by atoms with E-state index in [0.717, 1.165) is 105 Å². The fraction of sp³-hybridized carbons (Fsp3) is 0. The molecule has 0 unspecified atom stereocenters. The molecule has 4 heterocycles. The van der Waals surface area contributed by atoms with E-state index >= 15 is 0 Å². The molecule has 0 aliphatic rings. The predicted octanol–water partition coefficient (Wildman–Crippen LogP) is 14.2. The quantitative estimate of drug-likeness (QED) is 0.168. The Morgan fingerprint density at radius 1 is 0.300 bits per heavy atom. The number of para-hydroxylation sites is 3. The van der Waals surface area contributed by atoms with Crippen molar-refractivity contribution in [1.29, 1.82) is 0 Å². The van der Waals surface area contributed by atoms with Crippen LogP contribution in [0.2, 0.25) is 0 Å². The first kappa shape index (κ1) is 33.9. The number of aromatic nitrogens is 4. The number of furan rings is 2. The molecule has 6 nitrogen and oxygen atoms in total. The molecular weight excluding hydrogens is 737 g/mol. The summed E-state index contributed by atoms with van der Waals surface area (Å²) < 4.78 is 13.0. The van der Waals surface area contributed by atoms with Gasteiger partial charge in [0.25, 0.3) is 0 Å². The smallest absolute Gasteiger partial charge is 0.164 e. The minimum atomic E-state index is 0.601. The first-order valence-electron chi connectivity index (χ1n) is 20.0. The summed E-state index contributed by atoms with van der Waals surface area (Å²) in [6, 6.07) is 66.3. The van der Waals surface area contributed by atoms with Crippen LogP contribution in [0, 0.1) is 0 Å². The Morgan fingerprint density at radius 2 is 0.800 bits per heavy atom. The predicted molar refractivity (Wildman–Crippen MR) is 242 cm³/mol. The topological polar surface area (TPSA) is 77.8 Å². The SMILES string of the molecule is c1ccc(-c2nc(-c3ccccc3)nc(-c3ccc(-c4nc5cc(-c6ccc(-c7cccc8c7oc7ccccc78)cc6)ccc5c5oc6ccccc6c45)cc3)n2)cc1. The zero-order chi connectivity index (χ0) is 39.6. The molecule has 0 spiro atoms. The van der Waals surface area contributed by atoms with Gasteiger partial charge in [-0.3, -0.25) is 0 Å². The average Bonchev–Trinajstić information content (AvgIpc) is 3.91. The summed E-state index contributed by atoms with van der Waals surface area (Å²) in [6.07, 6.45) is 0. The Balaban J connectivity index is 0.951. The van der Waals surface area contributed by atoms with Gasteiger partial charge in [0.1, 0.15) is 22.3 Å². The number of benzene rings is 8. The summed E-state index contributed by atoms with van der Waals surface area (Å²) in [7, 11) is 0. The van der Waals surface area contributed by atoms with Crippen LogP contribution >= 0.6 is 0 Å². The van der Waals surface area contributed by atoms with Crippen LogP contribution in [-0.2, 0) is 0 Å². The van der Waals surface area contributed by atoms with E-state index in [1.165, 1.54) is 0 Å². The molecule has 60 heavy (non-hydrogen) atoms. The summed E-state index contributed by atoms with van der Waals surface area (Å²) in [6.45, 7) is 0. The molecule has 0 atom stereocenters. The first-order valence-corrected chi connectivity index (χ1v) is 20.0. The molecule has 0 fully saturated rings. The maximum Gasteiger partial charge on any atom is 0.164 e. The van der Waals surface area contributed by atoms with E-state index in [4.69, 9.17) is 28.8 Å². The second kappa shape index (κ2) is 13.7. The fourth-order valence-electron chi connectivity index (χ4n) is 8.38. The van der Waals surface area contributed by atoms with Crippen molar-refractivity contribution in [2.45, 2.75) is 0 Å². The lowest BCUT2D eigenvalue weighted by Crippen LogP contribution is -2.00. The molecular formula is C54H32N4O2. The molecule has 6 heteroatoms. The van der Waals surface area contributed by atoms with Gasteiger partial charge >= 0.3 is 0 Å². The van der Waals surface area contributed by atoms with Gasteiger partial charge in [0.15, 0.2) is 17.5 Å². The highest BCUT2D eigenvalue weighted by Crippen LogP contribution is 2.41. The Hall–Kier alpha value is -8.22. The molecule has 0 N–H and O–H groups in total. The molecule has 0 aliphatic carbocycles. The Kier molecular flexibility index (Phi) is 7.74. The van der Waals surface area contributed by atoms with E-state index in [1.54, 1.807) is 0 Å². The van der Waals surface area contributed by atoms with Crippen molar-refractivity contribution in [3.8, 4) is 67.7 Å². The Bertz CT molecular complexity index is 3520. The van der Waals surface area contributed by atoms with E-state index in [9.17, 15) is 0 Å². The number of nitrogens with zero attached hydrogens (tertiary/aromatic N) is 4. The summed E-state index contributed by atoms with van der Waals surface area (Å²) in [5, 5.41) is 5.22. The number of fused-ring (bicyclic) bond motifs is 8. The second-order valence-electron chi connectivity index (χ2n) is 15.0. The van der Waals surface area contributed by atoms with E-state index in [1.807, 2.05) is 91.0 Å². The van der Waals surface area contributed by atoms with Crippen molar-refractivity contribution in [3.05, 3.63) is 194 Å². The zero-order valence-electron chi connectivity index (χ0n) is 32.1. The lowest BCUT2D eigenvalue weighted by Gasteiger charge is -2.11. The standard InChI is InChI=1S/C54H32N4O2/c1-3-12-36(13-4-1)52-56-53(37-14-5-2-6-15-37)58-54(57-52)38-28-26-35(27-29-38)49-48-44-17-8-10-21-47(44)60-51(48)43-31-30-39(32-45(43)55-49)33-22-24-34(25-23-33)40-18-11-19-42-41-16-7-9-20-46(41)59-50(40)42/h1-32H. The third-order valence-corrected chi connectivity index (χ3v) is 11.4. The highest BCUT2D eigenvalue weighted by molar-refractivity contribution is 6.19. The fourth-order valence-corrected chi connectivity index (χ4v) is 8.38. The molecule has 8 aromatic carbocycles. The Labute approximate surface area is 344 Å². The van der Waals surface area contributed by atoms with E-state index in [-0.39, 0.29) is 0 Å². The van der Waals surface area contributed by atoms with E-state index < -0.39 is 0 Å². The molecule has 0 bridgehead atoms. The van der Waals surface area contributed by atoms with Gasteiger partial charge in [-0.15, -0.1) is 0 Å². The Morgan fingerprint density at radius 3 is 1.48 bits per heavy atom. The van der Waals surface area contributed by atoms with E-state index in [0.29, 0.717) is 17.5 Å². The third-order valence-electron chi connectivity index (χ3n) is 11.4. The van der Waals surface area contributed by atoms with E-state index in [2.05, 4.69) is 103 Å². The largest absolute Gasteiger partial charge is 0.455 e. The summed E-state index contributed by atoms with van der Waals surface area (Å²) in [4.78, 5) is 20.2. The summed E-state index contributed by atoms with van der Waals surface area (Å²) >= 11 is 0. The van der Waals surface area contributed by atoms with Crippen LogP contribution in [0.3, 0.4) is 0 Å². The van der Waals surface area contributed by atoms with Crippen molar-refractivity contribution in [1.82, 2.24) is 19.9 Å². The van der Waals surface area contributed by atoms with Crippen LogP contribution in [0.4, 0.5) is 0 Å². The van der Waals surface area contributed by atoms with Crippen molar-refractivity contribution in [2.75, 3.05) is 0 Å². The van der Waals surface area contributed by atoms with Gasteiger partial charge in [0.05, 0.1) is 16.6 Å². The molecule has 280 valence electrons. The summed E-state index contributed by atoms with van der Waals surface area (Å²) in [5.41, 5.74) is 13.2. The average molecular weight is 769 g/mol. The maximum atomic E-state index is 6.62. The molecule has 0 amide bonds. The van der Waals surface area contributed by atoms with Crippen LogP contribution in [0.25, 0.3) is 122 Å². The molecule has 4 aromatic heterocycles. The highest BCUT2D eigenvalue weighted by Gasteiger charge is 2.20. The monoisotopic (exact) mass is 768 g/mol. The van der Waals surface area contributed by atoms with Crippen molar-refractivity contribution >= 4 is 54.8 Å². The number of hydrogen-bond acceptors (Lipinski definition) is 6. The molecule has 12 rings (SSSR count). The maximum absolute atomic E-state index is 6.62. The van der Waals surface area contributed by atoms with Gasteiger partial charge < -0.3 is 8.83 Å². The van der Waals surface area contributed by atoms with Crippen LogP contribution < -0.4 is 0 Å². The first-order chi connectivity index (χ1) is 29.7. The van der Waals surface area contributed by atoms with Crippen molar-refractivity contribution < 1.29 is 8.83 Å². The van der Waals surface area contributed by atoms with Gasteiger partial charge in [-0.1, -0.05) is 170 Å². The normalized spacial score (nSPS) is 11.7. The number of rotatable bonds is 6. The highest BCUT2D eigenvalue weighted by atomic mass is 16.3.